The minimum atomic E-state index is -0.625. The van der Waals surface area contributed by atoms with Crippen LogP contribution in [0, 0.1) is 6.92 Å². The van der Waals surface area contributed by atoms with Gasteiger partial charge in [-0.3, -0.25) is 9.78 Å². The first-order valence-corrected chi connectivity index (χ1v) is 7.80. The Kier molecular flexibility index (Phi) is 4.94. The molecule has 0 saturated heterocycles. The lowest BCUT2D eigenvalue weighted by atomic mass is 10.1. The first kappa shape index (κ1) is 16.5. The predicted molar refractivity (Wildman–Crippen MR) is 91.4 cm³/mol. The molecule has 0 fully saturated rings. The van der Waals surface area contributed by atoms with E-state index in [2.05, 4.69) is 20.4 Å². The number of aryl methyl sites for hydroxylation is 1. The number of amides is 1. The minimum absolute atomic E-state index is 0.304. The summed E-state index contributed by atoms with van der Waals surface area (Å²) in [4.78, 5) is 32.2. The van der Waals surface area contributed by atoms with Crippen LogP contribution in [0.1, 0.15) is 21.7 Å². The summed E-state index contributed by atoms with van der Waals surface area (Å²) >= 11 is 0. The summed E-state index contributed by atoms with van der Waals surface area (Å²) < 4.78 is 1.42. The highest BCUT2D eigenvalue weighted by Crippen LogP contribution is 2.10. The van der Waals surface area contributed by atoms with Gasteiger partial charge in [-0.05, 0) is 25.0 Å². The number of rotatable bonds is 6. The van der Waals surface area contributed by atoms with Crippen molar-refractivity contribution < 1.29 is 9.59 Å². The van der Waals surface area contributed by atoms with Crippen molar-refractivity contribution >= 4 is 12.2 Å². The van der Waals surface area contributed by atoms with Crippen LogP contribution in [0.4, 0.5) is 0 Å². The number of carbonyl (C=O) groups excluding carboxylic acids is 2. The van der Waals surface area contributed by atoms with Crippen molar-refractivity contribution in [3.8, 4) is 5.82 Å². The Labute approximate surface area is 144 Å². The lowest BCUT2D eigenvalue weighted by molar-refractivity contribution is -0.109. The summed E-state index contributed by atoms with van der Waals surface area (Å²) in [5.41, 5.74) is 1.94. The second kappa shape index (κ2) is 7.48. The van der Waals surface area contributed by atoms with Gasteiger partial charge in [-0.1, -0.05) is 30.3 Å². The zero-order valence-electron chi connectivity index (χ0n) is 13.7. The number of benzene rings is 1. The van der Waals surface area contributed by atoms with Crippen LogP contribution in [0.5, 0.6) is 0 Å². The summed E-state index contributed by atoms with van der Waals surface area (Å²) in [7, 11) is 0. The second-order valence-electron chi connectivity index (χ2n) is 5.55. The van der Waals surface area contributed by atoms with E-state index in [1.54, 1.807) is 19.2 Å². The summed E-state index contributed by atoms with van der Waals surface area (Å²) in [6, 6.07) is 10.5. The summed E-state index contributed by atoms with van der Waals surface area (Å²) in [6.45, 7) is 1.78. The number of carbonyl (C=O) groups is 2. The Morgan fingerprint density at radius 3 is 2.76 bits per heavy atom. The zero-order chi connectivity index (χ0) is 17.6. The fourth-order valence-electron chi connectivity index (χ4n) is 2.48. The van der Waals surface area contributed by atoms with Crippen LogP contribution < -0.4 is 5.32 Å². The normalized spacial score (nSPS) is 11.7. The SMILES string of the molecule is Cc1cc(C(=O)N[C@H](C=O)Cc2ccccc2)n(-c2cnccn2)n1. The summed E-state index contributed by atoms with van der Waals surface area (Å²) in [6.07, 6.45) is 5.75. The standard InChI is InChI=1S/C18H17N5O2/c1-13-9-16(23(22-13)17-11-19-7-8-20-17)18(25)21-15(12-24)10-14-5-3-2-4-6-14/h2-9,11-12,15H,10H2,1H3,(H,21,25)/t15-/m0/s1. The smallest absolute Gasteiger partial charge is 0.270 e. The molecule has 3 aromatic rings. The van der Waals surface area contributed by atoms with Crippen LogP contribution in [-0.4, -0.2) is 38.0 Å². The maximum Gasteiger partial charge on any atom is 0.270 e. The van der Waals surface area contributed by atoms with Crippen LogP contribution in [0.3, 0.4) is 0 Å². The highest BCUT2D eigenvalue weighted by Gasteiger charge is 2.19. The molecule has 1 amide bonds. The molecule has 0 radical (unpaired) electrons. The van der Waals surface area contributed by atoms with Gasteiger partial charge < -0.3 is 10.1 Å². The maximum absolute atomic E-state index is 12.6. The Morgan fingerprint density at radius 2 is 2.08 bits per heavy atom. The summed E-state index contributed by atoms with van der Waals surface area (Å²) in [5.74, 6) is 0.0470. The first-order valence-electron chi connectivity index (χ1n) is 7.80. The van der Waals surface area contributed by atoms with E-state index in [1.165, 1.54) is 17.1 Å². The van der Waals surface area contributed by atoms with Gasteiger partial charge >= 0.3 is 0 Å². The predicted octanol–water partition coefficient (Wildman–Crippen LogP) is 1.51. The Balaban J connectivity index is 1.80. The number of aromatic nitrogens is 4. The molecular formula is C18H17N5O2. The highest BCUT2D eigenvalue weighted by atomic mass is 16.2. The van der Waals surface area contributed by atoms with Gasteiger partial charge in [-0.15, -0.1) is 0 Å². The van der Waals surface area contributed by atoms with E-state index in [4.69, 9.17) is 0 Å². The van der Waals surface area contributed by atoms with E-state index in [9.17, 15) is 9.59 Å². The van der Waals surface area contributed by atoms with Crippen molar-refractivity contribution in [2.24, 2.45) is 0 Å². The van der Waals surface area contributed by atoms with Crippen LogP contribution in [0.25, 0.3) is 5.82 Å². The van der Waals surface area contributed by atoms with E-state index < -0.39 is 6.04 Å². The molecule has 0 aliphatic carbocycles. The molecule has 0 aliphatic rings. The van der Waals surface area contributed by atoms with E-state index >= 15 is 0 Å². The molecule has 0 bridgehead atoms. The molecule has 0 saturated carbocycles. The molecule has 7 nitrogen and oxygen atoms in total. The van der Waals surface area contributed by atoms with Crippen LogP contribution >= 0.6 is 0 Å². The maximum atomic E-state index is 12.6. The van der Waals surface area contributed by atoms with Gasteiger partial charge in [0.25, 0.3) is 5.91 Å². The molecule has 0 aliphatic heterocycles. The van der Waals surface area contributed by atoms with Crippen molar-refractivity contribution in [2.75, 3.05) is 0 Å². The third-order valence-corrected chi connectivity index (χ3v) is 3.61. The molecular weight excluding hydrogens is 318 g/mol. The molecule has 2 heterocycles. The largest absolute Gasteiger partial charge is 0.341 e. The Hall–Kier alpha value is -3.35. The third kappa shape index (κ3) is 3.95. The zero-order valence-corrected chi connectivity index (χ0v) is 13.7. The number of hydrogen-bond donors (Lipinski definition) is 1. The quantitative estimate of drug-likeness (QED) is 0.690. The van der Waals surface area contributed by atoms with E-state index in [0.717, 1.165) is 11.8 Å². The van der Waals surface area contributed by atoms with Gasteiger partial charge in [0.15, 0.2) is 5.82 Å². The second-order valence-corrected chi connectivity index (χ2v) is 5.55. The molecule has 25 heavy (non-hydrogen) atoms. The molecule has 1 atom stereocenters. The van der Waals surface area contributed by atoms with Gasteiger partial charge in [-0.2, -0.15) is 5.10 Å². The van der Waals surface area contributed by atoms with Crippen molar-refractivity contribution in [1.29, 1.82) is 0 Å². The Morgan fingerprint density at radius 1 is 1.28 bits per heavy atom. The molecule has 0 unspecified atom stereocenters. The lowest BCUT2D eigenvalue weighted by Gasteiger charge is -2.13. The summed E-state index contributed by atoms with van der Waals surface area (Å²) in [5, 5.41) is 7.02. The van der Waals surface area contributed by atoms with E-state index in [-0.39, 0.29) is 5.91 Å². The van der Waals surface area contributed by atoms with Crippen LogP contribution in [0.2, 0.25) is 0 Å². The number of nitrogens with zero attached hydrogens (tertiary/aromatic N) is 4. The molecule has 3 rings (SSSR count). The van der Waals surface area contributed by atoms with Crippen molar-refractivity contribution in [3.63, 3.8) is 0 Å². The highest BCUT2D eigenvalue weighted by molar-refractivity contribution is 5.94. The first-order chi connectivity index (χ1) is 12.2. The molecule has 7 heteroatoms. The van der Waals surface area contributed by atoms with E-state index in [0.29, 0.717) is 23.6 Å². The van der Waals surface area contributed by atoms with Gasteiger partial charge in [0.05, 0.1) is 17.9 Å². The van der Waals surface area contributed by atoms with Crippen LogP contribution in [-0.2, 0) is 11.2 Å². The average molecular weight is 335 g/mol. The molecule has 1 N–H and O–H groups in total. The van der Waals surface area contributed by atoms with Crippen molar-refractivity contribution in [3.05, 3.63) is 71.9 Å². The number of nitrogens with one attached hydrogen (secondary N) is 1. The van der Waals surface area contributed by atoms with Crippen LogP contribution in [0.15, 0.2) is 55.0 Å². The topological polar surface area (TPSA) is 89.8 Å². The fraction of sp³-hybridized carbons (Fsp3) is 0.167. The molecule has 1 aromatic carbocycles. The number of aldehydes is 1. The monoisotopic (exact) mass is 335 g/mol. The van der Waals surface area contributed by atoms with Gasteiger partial charge in [0, 0.05) is 12.4 Å². The van der Waals surface area contributed by atoms with Gasteiger partial charge in [0.2, 0.25) is 0 Å². The van der Waals surface area contributed by atoms with Gasteiger partial charge in [-0.25, -0.2) is 9.67 Å². The average Bonchev–Trinajstić information content (AvgIpc) is 3.04. The molecule has 126 valence electrons. The van der Waals surface area contributed by atoms with Crippen molar-refractivity contribution in [1.82, 2.24) is 25.1 Å². The van der Waals surface area contributed by atoms with E-state index in [1.807, 2.05) is 30.3 Å². The third-order valence-electron chi connectivity index (χ3n) is 3.61. The van der Waals surface area contributed by atoms with Crippen molar-refractivity contribution in [2.45, 2.75) is 19.4 Å². The minimum Gasteiger partial charge on any atom is -0.341 e. The Bertz CT molecular complexity index is 862. The molecule has 0 spiro atoms. The number of hydrogen-bond acceptors (Lipinski definition) is 5. The van der Waals surface area contributed by atoms with Gasteiger partial charge in [0.1, 0.15) is 12.0 Å². The fourth-order valence-corrected chi connectivity index (χ4v) is 2.48. The molecule has 2 aromatic heterocycles. The lowest BCUT2D eigenvalue weighted by Crippen LogP contribution is -2.38.